The predicted octanol–water partition coefficient (Wildman–Crippen LogP) is 0.526. The maximum atomic E-state index is 10.8. The van der Waals surface area contributed by atoms with Crippen molar-refractivity contribution in [2.45, 2.75) is 6.54 Å². The molecule has 1 aromatic carbocycles. The molecule has 0 spiro atoms. The molecule has 0 saturated heterocycles. The van der Waals surface area contributed by atoms with Crippen molar-refractivity contribution in [3.8, 4) is 5.75 Å². The molecule has 1 aromatic rings. The molecule has 0 fully saturated rings. The van der Waals surface area contributed by atoms with Gasteiger partial charge in [0.2, 0.25) is 0 Å². The lowest BCUT2D eigenvalue weighted by molar-refractivity contribution is 0.465. The van der Waals surface area contributed by atoms with Crippen LogP contribution in [0.15, 0.2) is 24.3 Å². The van der Waals surface area contributed by atoms with Crippen LogP contribution in [0.3, 0.4) is 0 Å². The molecule has 5 heteroatoms. The Hall–Kier alpha value is -1.07. The van der Waals surface area contributed by atoms with E-state index in [0.29, 0.717) is 13.1 Å². The number of aromatic hydroxyl groups is 1. The third-order valence-corrected chi connectivity index (χ3v) is 2.90. The van der Waals surface area contributed by atoms with Crippen LogP contribution in [0, 0.1) is 0 Å². The van der Waals surface area contributed by atoms with Crippen molar-refractivity contribution in [2.75, 3.05) is 18.6 Å². The van der Waals surface area contributed by atoms with Crippen LogP contribution in [-0.2, 0) is 16.4 Å². The largest absolute Gasteiger partial charge is 0.508 e. The number of hydrogen-bond donors (Lipinski definition) is 2. The summed E-state index contributed by atoms with van der Waals surface area (Å²) in [4.78, 5) is 0. The number of phenols is 1. The van der Waals surface area contributed by atoms with Gasteiger partial charge in [-0.3, -0.25) is 0 Å². The molecule has 0 heterocycles. The Kier molecular flexibility index (Phi) is 4.11. The van der Waals surface area contributed by atoms with Crippen LogP contribution in [0.2, 0.25) is 0 Å². The minimum Gasteiger partial charge on any atom is -0.508 e. The van der Waals surface area contributed by atoms with E-state index in [9.17, 15) is 13.5 Å². The Morgan fingerprint density at radius 3 is 2.60 bits per heavy atom. The second kappa shape index (κ2) is 5.14. The molecule has 0 unspecified atom stereocenters. The summed E-state index contributed by atoms with van der Waals surface area (Å²) in [6, 6.07) is 6.97. The number of hydrogen-bond acceptors (Lipinski definition) is 4. The average molecular weight is 229 g/mol. The lowest BCUT2D eigenvalue weighted by atomic mass is 10.2. The van der Waals surface area contributed by atoms with Gasteiger partial charge in [0.1, 0.15) is 15.6 Å². The third kappa shape index (κ3) is 4.80. The zero-order valence-corrected chi connectivity index (χ0v) is 9.42. The van der Waals surface area contributed by atoms with E-state index in [1.54, 1.807) is 18.2 Å². The highest BCUT2D eigenvalue weighted by Crippen LogP contribution is 2.14. The lowest BCUT2D eigenvalue weighted by Crippen LogP contribution is -2.21. The normalized spacial score (nSPS) is 11.5. The van der Waals surface area contributed by atoms with Gasteiger partial charge in [-0.25, -0.2) is 8.42 Å². The monoisotopic (exact) mass is 229 g/mol. The second-order valence-corrected chi connectivity index (χ2v) is 5.70. The SMILES string of the molecule is CS(=O)(=O)CCNCc1ccccc1O. The predicted molar refractivity (Wildman–Crippen MR) is 59.5 cm³/mol. The molecule has 4 nitrogen and oxygen atoms in total. The molecule has 0 aliphatic rings. The van der Waals surface area contributed by atoms with Crippen molar-refractivity contribution >= 4 is 9.84 Å². The standard InChI is InChI=1S/C10H15NO3S/c1-15(13,14)7-6-11-8-9-4-2-3-5-10(9)12/h2-5,11-12H,6-8H2,1H3. The van der Waals surface area contributed by atoms with Crippen LogP contribution >= 0.6 is 0 Å². The summed E-state index contributed by atoms with van der Waals surface area (Å²) in [6.45, 7) is 0.870. The number of rotatable bonds is 5. The summed E-state index contributed by atoms with van der Waals surface area (Å²) in [5, 5.41) is 12.4. The van der Waals surface area contributed by atoms with Gasteiger partial charge >= 0.3 is 0 Å². The number of phenolic OH excluding ortho intramolecular Hbond substituents is 1. The fourth-order valence-corrected chi connectivity index (χ4v) is 1.66. The van der Waals surface area contributed by atoms with Crippen molar-refractivity contribution in [2.24, 2.45) is 0 Å². The van der Waals surface area contributed by atoms with Crippen LogP contribution in [0.25, 0.3) is 0 Å². The Labute approximate surface area is 89.9 Å². The minimum absolute atomic E-state index is 0.112. The molecule has 0 bridgehead atoms. The molecule has 2 N–H and O–H groups in total. The van der Waals surface area contributed by atoms with E-state index in [0.717, 1.165) is 5.56 Å². The van der Waals surface area contributed by atoms with Crippen LogP contribution in [-0.4, -0.2) is 32.1 Å². The van der Waals surface area contributed by atoms with Gasteiger partial charge in [0.05, 0.1) is 5.75 Å². The molecule has 0 aliphatic heterocycles. The number of benzene rings is 1. The minimum atomic E-state index is -2.91. The Morgan fingerprint density at radius 2 is 2.00 bits per heavy atom. The summed E-state index contributed by atoms with van der Waals surface area (Å²) < 4.78 is 21.6. The first-order valence-corrected chi connectivity index (χ1v) is 6.70. The van der Waals surface area contributed by atoms with Gasteiger partial charge in [-0.05, 0) is 6.07 Å². The van der Waals surface area contributed by atoms with Crippen LogP contribution in [0.1, 0.15) is 5.56 Å². The van der Waals surface area contributed by atoms with Gasteiger partial charge in [-0.2, -0.15) is 0 Å². The van der Waals surface area contributed by atoms with Gasteiger partial charge < -0.3 is 10.4 Å². The van der Waals surface area contributed by atoms with E-state index >= 15 is 0 Å². The molecule has 0 saturated carbocycles. The summed E-state index contributed by atoms with van der Waals surface area (Å²) in [7, 11) is -2.91. The lowest BCUT2D eigenvalue weighted by Gasteiger charge is -2.05. The quantitative estimate of drug-likeness (QED) is 0.723. The highest BCUT2D eigenvalue weighted by Gasteiger charge is 2.02. The van der Waals surface area contributed by atoms with E-state index < -0.39 is 9.84 Å². The summed E-state index contributed by atoms with van der Waals surface area (Å²) in [5.41, 5.74) is 0.769. The van der Waals surface area contributed by atoms with Gasteiger partial charge in [-0.15, -0.1) is 0 Å². The van der Waals surface area contributed by atoms with Crippen LogP contribution < -0.4 is 5.32 Å². The van der Waals surface area contributed by atoms with E-state index in [4.69, 9.17) is 0 Å². The summed E-state index contributed by atoms with van der Waals surface area (Å²) in [5.74, 6) is 0.338. The molecular weight excluding hydrogens is 214 g/mol. The molecule has 0 atom stereocenters. The molecule has 0 aliphatic carbocycles. The molecule has 0 radical (unpaired) electrons. The Morgan fingerprint density at radius 1 is 1.33 bits per heavy atom. The smallest absolute Gasteiger partial charge is 0.148 e. The van der Waals surface area contributed by atoms with E-state index in [2.05, 4.69) is 5.32 Å². The fourth-order valence-electron chi connectivity index (χ4n) is 1.14. The molecule has 15 heavy (non-hydrogen) atoms. The maximum absolute atomic E-state index is 10.8. The molecule has 84 valence electrons. The zero-order valence-electron chi connectivity index (χ0n) is 8.60. The number of sulfone groups is 1. The Balaban J connectivity index is 2.36. The molecule has 1 rings (SSSR count). The first kappa shape index (κ1) is 12.0. The summed E-state index contributed by atoms with van der Waals surface area (Å²) in [6.07, 6.45) is 1.20. The van der Waals surface area contributed by atoms with Crippen molar-refractivity contribution in [3.63, 3.8) is 0 Å². The van der Waals surface area contributed by atoms with Gasteiger partial charge in [0.15, 0.2) is 0 Å². The average Bonchev–Trinajstić information content (AvgIpc) is 2.13. The van der Waals surface area contributed by atoms with Crippen LogP contribution in [0.5, 0.6) is 5.75 Å². The number of para-hydroxylation sites is 1. The highest BCUT2D eigenvalue weighted by molar-refractivity contribution is 7.90. The topological polar surface area (TPSA) is 66.4 Å². The van der Waals surface area contributed by atoms with E-state index in [1.807, 2.05) is 6.07 Å². The van der Waals surface area contributed by atoms with Crippen molar-refractivity contribution < 1.29 is 13.5 Å². The first-order chi connectivity index (χ1) is 6.99. The zero-order chi connectivity index (χ0) is 11.3. The molecule has 0 amide bonds. The fraction of sp³-hybridized carbons (Fsp3) is 0.400. The van der Waals surface area contributed by atoms with Gasteiger partial charge in [0, 0.05) is 24.9 Å². The Bertz CT molecular complexity index is 414. The third-order valence-electron chi connectivity index (χ3n) is 1.96. The van der Waals surface area contributed by atoms with Gasteiger partial charge in [0.25, 0.3) is 0 Å². The van der Waals surface area contributed by atoms with Gasteiger partial charge in [-0.1, -0.05) is 18.2 Å². The van der Waals surface area contributed by atoms with E-state index in [-0.39, 0.29) is 11.5 Å². The van der Waals surface area contributed by atoms with Crippen molar-refractivity contribution in [3.05, 3.63) is 29.8 Å². The van der Waals surface area contributed by atoms with Crippen molar-refractivity contribution in [1.82, 2.24) is 5.32 Å². The number of nitrogens with one attached hydrogen (secondary N) is 1. The van der Waals surface area contributed by atoms with E-state index in [1.165, 1.54) is 6.26 Å². The molecular formula is C10H15NO3S. The maximum Gasteiger partial charge on any atom is 0.148 e. The van der Waals surface area contributed by atoms with Crippen LogP contribution in [0.4, 0.5) is 0 Å². The molecule has 0 aromatic heterocycles. The second-order valence-electron chi connectivity index (χ2n) is 3.44. The first-order valence-electron chi connectivity index (χ1n) is 4.64. The summed E-state index contributed by atoms with van der Waals surface area (Å²) >= 11 is 0. The van der Waals surface area contributed by atoms with Crippen molar-refractivity contribution in [1.29, 1.82) is 0 Å². The highest BCUT2D eigenvalue weighted by atomic mass is 32.2.